The molecule has 0 aliphatic heterocycles. The first-order valence-electron chi connectivity index (χ1n) is 5.85. The summed E-state index contributed by atoms with van der Waals surface area (Å²) in [7, 11) is 0. The molecule has 0 heterocycles. The molecule has 1 unspecified atom stereocenters. The number of nitrogens with two attached hydrogens (primary N) is 1. The number of hydrogen-bond donors (Lipinski definition) is 1. The minimum absolute atomic E-state index is 0.132. The molecule has 0 spiro atoms. The number of para-hydroxylation sites is 1. The van der Waals surface area contributed by atoms with Gasteiger partial charge in [0, 0.05) is 17.9 Å². The monoisotopic (exact) mass is 274 g/mol. The number of rotatable bonds is 5. The summed E-state index contributed by atoms with van der Waals surface area (Å²) in [6.45, 7) is 0. The lowest BCUT2D eigenvalue weighted by Gasteiger charge is -2.11. The lowest BCUT2D eigenvalue weighted by molar-refractivity contribution is -0.387. The Labute approximate surface area is 115 Å². The molecule has 0 saturated carbocycles. The average molecular weight is 274 g/mol. The molecule has 0 aliphatic rings. The fourth-order valence-electron chi connectivity index (χ4n) is 1.71. The van der Waals surface area contributed by atoms with Crippen LogP contribution in [0.3, 0.4) is 0 Å². The van der Waals surface area contributed by atoms with Crippen molar-refractivity contribution in [2.24, 2.45) is 5.73 Å². The molecule has 2 aromatic rings. The molecule has 2 aromatic carbocycles. The third-order valence-corrected chi connectivity index (χ3v) is 3.89. The standard InChI is InChI=1S/C14H14N2O2S/c15-12(11-6-2-1-3-7-11)10-19-14-9-5-4-8-13(14)16(17)18/h1-9,12H,10,15H2. The highest BCUT2D eigenvalue weighted by atomic mass is 32.2. The second-order valence-corrected chi connectivity index (χ2v) is 5.11. The summed E-state index contributed by atoms with van der Waals surface area (Å²) in [4.78, 5) is 11.2. The van der Waals surface area contributed by atoms with E-state index in [0.717, 1.165) is 5.56 Å². The smallest absolute Gasteiger partial charge is 0.282 e. The normalized spacial score (nSPS) is 12.1. The maximum absolute atomic E-state index is 10.9. The largest absolute Gasteiger partial charge is 0.323 e. The molecule has 0 aliphatic carbocycles. The molecule has 2 N–H and O–H groups in total. The summed E-state index contributed by atoms with van der Waals surface area (Å²) in [5, 5.41) is 10.9. The number of thioether (sulfide) groups is 1. The summed E-state index contributed by atoms with van der Waals surface area (Å²) in [6.07, 6.45) is 0. The summed E-state index contributed by atoms with van der Waals surface area (Å²) in [6, 6.07) is 16.3. The van der Waals surface area contributed by atoms with Crippen LogP contribution in [0.25, 0.3) is 0 Å². The third kappa shape index (κ3) is 3.56. The number of nitro benzene ring substituents is 1. The second-order valence-electron chi connectivity index (χ2n) is 4.05. The molecular formula is C14H14N2O2S. The first kappa shape index (κ1) is 13.6. The lowest BCUT2D eigenvalue weighted by Crippen LogP contribution is -2.12. The predicted octanol–water partition coefficient (Wildman–Crippen LogP) is 3.39. The highest BCUT2D eigenvalue weighted by molar-refractivity contribution is 7.99. The summed E-state index contributed by atoms with van der Waals surface area (Å²) in [5.74, 6) is 0.606. The minimum atomic E-state index is -0.365. The molecule has 0 saturated heterocycles. The molecule has 0 fully saturated rings. The Morgan fingerprint density at radius 3 is 2.42 bits per heavy atom. The van der Waals surface area contributed by atoms with Crippen molar-refractivity contribution in [1.82, 2.24) is 0 Å². The maximum Gasteiger partial charge on any atom is 0.282 e. The Morgan fingerprint density at radius 1 is 1.11 bits per heavy atom. The van der Waals surface area contributed by atoms with E-state index in [1.54, 1.807) is 18.2 Å². The topological polar surface area (TPSA) is 69.2 Å². The molecular weight excluding hydrogens is 260 g/mol. The molecule has 19 heavy (non-hydrogen) atoms. The Kier molecular flexibility index (Phi) is 4.54. The summed E-state index contributed by atoms with van der Waals surface area (Å²) >= 11 is 1.41. The molecule has 2 rings (SSSR count). The number of hydrogen-bond acceptors (Lipinski definition) is 4. The SMILES string of the molecule is NC(CSc1ccccc1[N+](=O)[O-])c1ccccc1. The van der Waals surface area contributed by atoms with Crippen molar-refractivity contribution in [3.8, 4) is 0 Å². The van der Waals surface area contributed by atoms with Crippen LogP contribution in [0.15, 0.2) is 59.5 Å². The van der Waals surface area contributed by atoms with Crippen molar-refractivity contribution in [3.05, 3.63) is 70.3 Å². The Hall–Kier alpha value is -1.85. The molecule has 0 radical (unpaired) electrons. The van der Waals surface area contributed by atoms with Gasteiger partial charge in [0.1, 0.15) is 0 Å². The molecule has 4 nitrogen and oxygen atoms in total. The van der Waals surface area contributed by atoms with Crippen LogP contribution >= 0.6 is 11.8 Å². The molecule has 1 atom stereocenters. The minimum Gasteiger partial charge on any atom is -0.323 e. The van der Waals surface area contributed by atoms with E-state index < -0.39 is 0 Å². The van der Waals surface area contributed by atoms with E-state index in [1.165, 1.54) is 17.8 Å². The molecule has 98 valence electrons. The molecule has 0 bridgehead atoms. The summed E-state index contributed by atoms with van der Waals surface area (Å²) in [5.41, 5.74) is 7.25. The first-order valence-corrected chi connectivity index (χ1v) is 6.84. The Balaban J connectivity index is 2.05. The number of nitrogens with zero attached hydrogens (tertiary/aromatic N) is 1. The highest BCUT2D eigenvalue weighted by Crippen LogP contribution is 2.30. The van der Waals surface area contributed by atoms with Crippen molar-refractivity contribution in [2.45, 2.75) is 10.9 Å². The van der Waals surface area contributed by atoms with E-state index in [9.17, 15) is 10.1 Å². The van der Waals surface area contributed by atoms with Crippen molar-refractivity contribution in [2.75, 3.05) is 5.75 Å². The molecule has 0 aromatic heterocycles. The van der Waals surface area contributed by atoms with Gasteiger partial charge in [-0.25, -0.2) is 0 Å². The third-order valence-electron chi connectivity index (χ3n) is 2.71. The van der Waals surface area contributed by atoms with E-state index in [4.69, 9.17) is 5.73 Å². The Bertz CT molecular complexity index is 560. The van der Waals surface area contributed by atoms with E-state index in [2.05, 4.69) is 0 Å². The van der Waals surface area contributed by atoms with Gasteiger partial charge in [-0.2, -0.15) is 0 Å². The van der Waals surface area contributed by atoms with Crippen molar-refractivity contribution in [3.63, 3.8) is 0 Å². The van der Waals surface area contributed by atoms with Gasteiger partial charge in [0.2, 0.25) is 0 Å². The van der Waals surface area contributed by atoms with Crippen LogP contribution in [0.2, 0.25) is 0 Å². The fraction of sp³-hybridized carbons (Fsp3) is 0.143. The van der Waals surface area contributed by atoms with Crippen LogP contribution in [0.1, 0.15) is 11.6 Å². The zero-order chi connectivity index (χ0) is 13.7. The summed E-state index contributed by atoms with van der Waals surface area (Å²) < 4.78 is 0. The molecule has 5 heteroatoms. The van der Waals surface area contributed by atoms with Crippen LogP contribution in [-0.2, 0) is 0 Å². The van der Waals surface area contributed by atoms with Gasteiger partial charge in [-0.15, -0.1) is 11.8 Å². The fourth-order valence-corrected chi connectivity index (χ4v) is 2.72. The van der Waals surface area contributed by atoms with Crippen LogP contribution in [0.4, 0.5) is 5.69 Å². The van der Waals surface area contributed by atoms with Crippen LogP contribution in [0, 0.1) is 10.1 Å². The van der Waals surface area contributed by atoms with E-state index in [-0.39, 0.29) is 16.7 Å². The van der Waals surface area contributed by atoms with Gasteiger partial charge in [-0.3, -0.25) is 10.1 Å². The first-order chi connectivity index (χ1) is 9.18. The van der Waals surface area contributed by atoms with E-state index in [0.29, 0.717) is 10.6 Å². The van der Waals surface area contributed by atoms with Crippen LogP contribution < -0.4 is 5.73 Å². The highest BCUT2D eigenvalue weighted by Gasteiger charge is 2.14. The van der Waals surface area contributed by atoms with Gasteiger partial charge in [0.25, 0.3) is 5.69 Å². The maximum atomic E-state index is 10.9. The van der Waals surface area contributed by atoms with Crippen LogP contribution in [0.5, 0.6) is 0 Å². The Morgan fingerprint density at radius 2 is 1.74 bits per heavy atom. The van der Waals surface area contributed by atoms with Gasteiger partial charge >= 0.3 is 0 Å². The van der Waals surface area contributed by atoms with Crippen LogP contribution in [-0.4, -0.2) is 10.7 Å². The lowest BCUT2D eigenvalue weighted by atomic mass is 10.1. The van der Waals surface area contributed by atoms with Gasteiger partial charge in [0.15, 0.2) is 0 Å². The van der Waals surface area contributed by atoms with Crippen molar-refractivity contribution < 1.29 is 4.92 Å². The quantitative estimate of drug-likeness (QED) is 0.515. The van der Waals surface area contributed by atoms with Crippen molar-refractivity contribution >= 4 is 17.4 Å². The number of benzene rings is 2. The van der Waals surface area contributed by atoms with Gasteiger partial charge < -0.3 is 5.73 Å². The van der Waals surface area contributed by atoms with Gasteiger partial charge in [0.05, 0.1) is 9.82 Å². The zero-order valence-corrected chi connectivity index (χ0v) is 11.0. The zero-order valence-electron chi connectivity index (χ0n) is 10.2. The predicted molar refractivity (Wildman–Crippen MR) is 77.2 cm³/mol. The van der Waals surface area contributed by atoms with E-state index in [1.807, 2.05) is 30.3 Å². The van der Waals surface area contributed by atoms with E-state index >= 15 is 0 Å². The van der Waals surface area contributed by atoms with Crippen molar-refractivity contribution in [1.29, 1.82) is 0 Å². The average Bonchev–Trinajstić information content (AvgIpc) is 2.46. The molecule has 0 amide bonds. The second kappa shape index (κ2) is 6.36. The number of nitro groups is 1. The van der Waals surface area contributed by atoms with Gasteiger partial charge in [-0.05, 0) is 11.6 Å². The van der Waals surface area contributed by atoms with Gasteiger partial charge in [-0.1, -0.05) is 42.5 Å².